The Kier molecular flexibility index (Phi) is 6.77. The SMILES string of the molecule is Cc1ccc(NC(=O)[C@@H](c2ccccc2)[NH+](C)CC(=O)N(C)C)cc1Cl. The summed E-state index contributed by atoms with van der Waals surface area (Å²) in [5.41, 5.74) is 2.44. The van der Waals surface area contributed by atoms with Gasteiger partial charge in [-0.3, -0.25) is 9.59 Å². The summed E-state index contributed by atoms with van der Waals surface area (Å²) in [6.07, 6.45) is 0. The third-order valence-corrected chi connectivity index (χ3v) is 4.66. The standard InChI is InChI=1S/C20H24ClN3O2/c1-14-10-11-16(12-17(14)21)22-20(26)19(15-8-6-5-7-9-15)24(4)13-18(25)23(2)3/h5-12,19H,13H2,1-4H3,(H,22,26)/p+1/t19-/m1/s1. The molecule has 2 N–H and O–H groups in total. The summed E-state index contributed by atoms with van der Waals surface area (Å²) in [5.74, 6) is -0.213. The fourth-order valence-electron chi connectivity index (χ4n) is 2.69. The predicted molar refractivity (Wildman–Crippen MR) is 104 cm³/mol. The second-order valence-electron chi connectivity index (χ2n) is 6.61. The van der Waals surface area contributed by atoms with Gasteiger partial charge in [-0.1, -0.05) is 48.0 Å². The molecular formula is C20H25ClN3O2+. The average molecular weight is 375 g/mol. The molecule has 1 unspecified atom stereocenters. The average Bonchev–Trinajstić information content (AvgIpc) is 2.59. The molecule has 0 radical (unpaired) electrons. The van der Waals surface area contributed by atoms with Gasteiger partial charge in [-0.25, -0.2) is 0 Å². The van der Waals surface area contributed by atoms with Crippen LogP contribution < -0.4 is 10.2 Å². The maximum atomic E-state index is 13.0. The second kappa shape index (κ2) is 8.83. The number of carbonyl (C=O) groups is 2. The first kappa shape index (κ1) is 19.9. The highest BCUT2D eigenvalue weighted by molar-refractivity contribution is 6.31. The van der Waals surface area contributed by atoms with Gasteiger partial charge < -0.3 is 15.1 Å². The lowest BCUT2D eigenvalue weighted by Crippen LogP contribution is -3.11. The molecule has 0 spiro atoms. The zero-order valence-electron chi connectivity index (χ0n) is 15.5. The van der Waals surface area contributed by atoms with Crippen LogP contribution in [0.15, 0.2) is 48.5 Å². The van der Waals surface area contributed by atoms with Crippen LogP contribution in [-0.4, -0.2) is 44.4 Å². The maximum absolute atomic E-state index is 13.0. The lowest BCUT2D eigenvalue weighted by molar-refractivity contribution is -0.894. The Morgan fingerprint density at radius 2 is 1.81 bits per heavy atom. The molecule has 2 atom stereocenters. The van der Waals surface area contributed by atoms with Crippen molar-refractivity contribution in [2.24, 2.45) is 0 Å². The maximum Gasteiger partial charge on any atom is 0.287 e. The number of hydrogen-bond acceptors (Lipinski definition) is 2. The third-order valence-electron chi connectivity index (χ3n) is 4.26. The fraction of sp³-hybridized carbons (Fsp3) is 0.300. The van der Waals surface area contributed by atoms with Crippen molar-refractivity contribution in [2.45, 2.75) is 13.0 Å². The molecule has 0 bridgehead atoms. The normalized spacial score (nSPS) is 13.0. The first-order chi connectivity index (χ1) is 12.3. The van der Waals surface area contributed by atoms with Crippen molar-refractivity contribution in [3.8, 4) is 0 Å². The topological polar surface area (TPSA) is 53.9 Å². The molecule has 0 saturated carbocycles. The number of anilines is 1. The van der Waals surface area contributed by atoms with E-state index in [2.05, 4.69) is 5.32 Å². The molecule has 2 rings (SSSR count). The Labute approximate surface area is 159 Å². The highest BCUT2D eigenvalue weighted by atomic mass is 35.5. The summed E-state index contributed by atoms with van der Waals surface area (Å²) >= 11 is 6.15. The van der Waals surface area contributed by atoms with Gasteiger partial charge in [0.1, 0.15) is 0 Å². The largest absolute Gasteiger partial charge is 0.344 e. The van der Waals surface area contributed by atoms with Crippen LogP contribution in [0.4, 0.5) is 5.69 Å². The van der Waals surface area contributed by atoms with Crippen molar-refractivity contribution in [2.75, 3.05) is 33.0 Å². The third kappa shape index (κ3) is 5.07. The summed E-state index contributed by atoms with van der Waals surface area (Å²) in [5, 5.41) is 3.52. The van der Waals surface area contributed by atoms with Gasteiger partial charge in [0.05, 0.1) is 7.05 Å². The number of hydrogen-bond donors (Lipinski definition) is 2. The number of nitrogens with one attached hydrogen (secondary N) is 2. The van der Waals surface area contributed by atoms with E-state index in [1.165, 1.54) is 4.90 Å². The van der Waals surface area contributed by atoms with Crippen LogP contribution in [0.5, 0.6) is 0 Å². The Balaban J connectivity index is 2.26. The van der Waals surface area contributed by atoms with E-state index >= 15 is 0 Å². The number of amides is 2. The zero-order valence-corrected chi connectivity index (χ0v) is 16.3. The molecule has 2 amide bonds. The molecule has 6 heteroatoms. The lowest BCUT2D eigenvalue weighted by atomic mass is 10.0. The molecule has 26 heavy (non-hydrogen) atoms. The van der Waals surface area contributed by atoms with Gasteiger partial charge >= 0.3 is 0 Å². The monoisotopic (exact) mass is 374 g/mol. The van der Waals surface area contributed by atoms with Crippen molar-refractivity contribution >= 4 is 29.1 Å². The van der Waals surface area contributed by atoms with Crippen molar-refractivity contribution in [1.82, 2.24) is 4.90 Å². The van der Waals surface area contributed by atoms with E-state index in [1.807, 2.05) is 56.4 Å². The lowest BCUT2D eigenvalue weighted by Gasteiger charge is -2.25. The Morgan fingerprint density at radius 3 is 2.38 bits per heavy atom. The van der Waals surface area contributed by atoms with Crippen LogP contribution in [0.3, 0.4) is 0 Å². The quantitative estimate of drug-likeness (QED) is 0.811. The van der Waals surface area contributed by atoms with Crippen LogP contribution in [0.25, 0.3) is 0 Å². The molecule has 0 heterocycles. The number of aryl methyl sites for hydroxylation is 1. The Morgan fingerprint density at radius 1 is 1.15 bits per heavy atom. The fourth-order valence-corrected chi connectivity index (χ4v) is 2.87. The van der Waals surface area contributed by atoms with Gasteiger partial charge in [-0.15, -0.1) is 0 Å². The van der Waals surface area contributed by atoms with Gasteiger partial charge in [0.25, 0.3) is 11.8 Å². The highest BCUT2D eigenvalue weighted by Crippen LogP contribution is 2.21. The van der Waals surface area contributed by atoms with Crippen molar-refractivity contribution in [3.63, 3.8) is 0 Å². The molecule has 0 aliphatic carbocycles. The molecule has 0 aliphatic rings. The molecule has 0 saturated heterocycles. The number of rotatable bonds is 6. The summed E-state index contributed by atoms with van der Waals surface area (Å²) < 4.78 is 0. The number of quaternary nitrogens is 1. The first-order valence-corrected chi connectivity index (χ1v) is 8.82. The van der Waals surface area contributed by atoms with E-state index in [9.17, 15) is 9.59 Å². The van der Waals surface area contributed by atoms with E-state index in [0.717, 1.165) is 16.0 Å². The van der Waals surface area contributed by atoms with E-state index < -0.39 is 6.04 Å². The Hall–Kier alpha value is -2.37. The van der Waals surface area contributed by atoms with Gasteiger partial charge in [0.15, 0.2) is 12.6 Å². The van der Waals surface area contributed by atoms with Crippen LogP contribution in [-0.2, 0) is 9.59 Å². The molecule has 0 fully saturated rings. The number of carbonyl (C=O) groups excluding carboxylic acids is 2. The number of nitrogens with zero attached hydrogens (tertiary/aromatic N) is 1. The highest BCUT2D eigenvalue weighted by Gasteiger charge is 2.31. The van der Waals surface area contributed by atoms with E-state index in [-0.39, 0.29) is 18.4 Å². The van der Waals surface area contributed by atoms with E-state index in [4.69, 9.17) is 11.6 Å². The summed E-state index contributed by atoms with van der Waals surface area (Å²) in [6, 6.07) is 14.4. The molecule has 5 nitrogen and oxygen atoms in total. The van der Waals surface area contributed by atoms with Gasteiger partial charge in [-0.05, 0) is 24.6 Å². The minimum Gasteiger partial charge on any atom is -0.344 e. The molecule has 138 valence electrons. The van der Waals surface area contributed by atoms with Crippen molar-refractivity contribution in [1.29, 1.82) is 0 Å². The minimum atomic E-state index is -0.514. The molecule has 0 aliphatic heterocycles. The molecule has 0 aromatic heterocycles. The van der Waals surface area contributed by atoms with Crippen molar-refractivity contribution in [3.05, 3.63) is 64.7 Å². The van der Waals surface area contributed by atoms with Crippen molar-refractivity contribution < 1.29 is 14.5 Å². The van der Waals surface area contributed by atoms with Crippen LogP contribution in [0, 0.1) is 6.92 Å². The van der Waals surface area contributed by atoms with Gasteiger partial charge in [0.2, 0.25) is 0 Å². The van der Waals surface area contributed by atoms with Crippen LogP contribution in [0.1, 0.15) is 17.2 Å². The summed E-state index contributed by atoms with van der Waals surface area (Å²) in [6.45, 7) is 2.13. The van der Waals surface area contributed by atoms with Gasteiger partial charge in [-0.2, -0.15) is 0 Å². The smallest absolute Gasteiger partial charge is 0.287 e. The Bertz CT molecular complexity index is 778. The minimum absolute atomic E-state index is 0.0328. The van der Waals surface area contributed by atoms with E-state index in [0.29, 0.717) is 10.7 Å². The molecule has 2 aromatic rings. The predicted octanol–water partition coefficient (Wildman–Crippen LogP) is 1.93. The summed E-state index contributed by atoms with van der Waals surface area (Å²) in [4.78, 5) is 27.4. The zero-order chi connectivity index (χ0) is 19.3. The summed E-state index contributed by atoms with van der Waals surface area (Å²) in [7, 11) is 5.27. The van der Waals surface area contributed by atoms with Crippen LogP contribution in [0.2, 0.25) is 5.02 Å². The second-order valence-corrected chi connectivity index (χ2v) is 7.02. The number of halogens is 1. The van der Waals surface area contributed by atoms with Gasteiger partial charge in [0, 0.05) is 30.4 Å². The van der Waals surface area contributed by atoms with E-state index in [1.54, 1.807) is 20.2 Å². The molecular weight excluding hydrogens is 350 g/mol. The number of benzene rings is 2. The van der Waals surface area contributed by atoms with Crippen LogP contribution >= 0.6 is 11.6 Å². The molecule has 2 aromatic carbocycles. The first-order valence-electron chi connectivity index (χ1n) is 8.44. The number of likely N-dealkylation sites (N-methyl/N-ethyl adjacent to an activating group) is 2.